The maximum absolute atomic E-state index is 11.5. The highest BCUT2D eigenvalue weighted by Gasteiger charge is 2.15. The van der Waals surface area contributed by atoms with Gasteiger partial charge in [-0.15, -0.1) is 0 Å². The van der Waals surface area contributed by atoms with Gasteiger partial charge in [0.25, 0.3) is 0 Å². The summed E-state index contributed by atoms with van der Waals surface area (Å²) in [6.45, 7) is 2.01. The molecule has 0 amide bonds. The Morgan fingerprint density at radius 3 is 3.00 bits per heavy atom. The van der Waals surface area contributed by atoms with Crippen molar-refractivity contribution in [1.82, 2.24) is 19.7 Å². The summed E-state index contributed by atoms with van der Waals surface area (Å²) in [4.78, 5) is 19.4. The lowest BCUT2D eigenvalue weighted by Crippen LogP contribution is -2.08. The van der Waals surface area contributed by atoms with Crippen LogP contribution in [0.25, 0.3) is 5.82 Å². The maximum Gasteiger partial charge on any atom is 0.358 e. The summed E-state index contributed by atoms with van der Waals surface area (Å²) in [6, 6.07) is 1.44. The van der Waals surface area contributed by atoms with E-state index in [-0.39, 0.29) is 12.3 Å². The summed E-state index contributed by atoms with van der Waals surface area (Å²) in [5, 5.41) is 4.01. The Bertz CT molecular complexity index is 523. The van der Waals surface area contributed by atoms with E-state index in [1.165, 1.54) is 29.3 Å². The van der Waals surface area contributed by atoms with Crippen molar-refractivity contribution >= 4 is 11.8 Å². The molecule has 0 aliphatic rings. The van der Waals surface area contributed by atoms with Crippen molar-refractivity contribution in [2.45, 2.75) is 6.92 Å². The molecule has 0 fully saturated rings. The van der Waals surface area contributed by atoms with Crippen LogP contribution in [-0.2, 0) is 4.74 Å². The molecule has 0 saturated heterocycles. The second-order valence-electron chi connectivity index (χ2n) is 3.15. The van der Waals surface area contributed by atoms with Crippen LogP contribution in [0.1, 0.15) is 17.4 Å². The number of hydrogen-bond acceptors (Lipinski definition) is 6. The Kier molecular flexibility index (Phi) is 2.99. The molecule has 7 nitrogen and oxygen atoms in total. The van der Waals surface area contributed by atoms with E-state index in [1.807, 2.05) is 0 Å². The van der Waals surface area contributed by atoms with E-state index in [0.29, 0.717) is 11.6 Å². The van der Waals surface area contributed by atoms with E-state index >= 15 is 0 Å². The summed E-state index contributed by atoms with van der Waals surface area (Å²) in [6.07, 6.45) is 4.55. The fourth-order valence-electron chi connectivity index (χ4n) is 1.28. The van der Waals surface area contributed by atoms with Crippen LogP contribution < -0.4 is 5.73 Å². The molecule has 0 aromatic carbocycles. The minimum Gasteiger partial charge on any atom is -0.461 e. The van der Waals surface area contributed by atoms with E-state index in [1.54, 1.807) is 6.92 Å². The van der Waals surface area contributed by atoms with Gasteiger partial charge >= 0.3 is 5.97 Å². The summed E-state index contributed by atoms with van der Waals surface area (Å²) >= 11 is 0. The molecule has 0 spiro atoms. The molecule has 2 aromatic heterocycles. The molecule has 0 unspecified atom stereocenters. The number of nitrogens with zero attached hydrogens (tertiary/aromatic N) is 4. The van der Waals surface area contributed by atoms with E-state index < -0.39 is 5.97 Å². The van der Waals surface area contributed by atoms with Gasteiger partial charge in [-0.05, 0) is 6.92 Å². The third kappa shape index (κ3) is 2.22. The molecular weight excluding hydrogens is 222 g/mol. The highest BCUT2D eigenvalue weighted by molar-refractivity contribution is 5.88. The van der Waals surface area contributed by atoms with Gasteiger partial charge in [0.05, 0.1) is 12.8 Å². The van der Waals surface area contributed by atoms with Crippen molar-refractivity contribution in [2.75, 3.05) is 12.3 Å². The molecule has 2 N–H and O–H groups in total. The first kappa shape index (κ1) is 11.1. The molecule has 0 aliphatic heterocycles. The standard InChI is InChI=1S/C10H11N5O2/c1-2-17-10(16)7-5-8(11)15(14-7)9-6-12-3-4-13-9/h3-6H,2,11H2,1H3. The first-order valence-electron chi connectivity index (χ1n) is 5.01. The summed E-state index contributed by atoms with van der Waals surface area (Å²) in [5.74, 6) is 0.232. The number of anilines is 1. The molecule has 88 valence electrons. The van der Waals surface area contributed by atoms with Gasteiger partial charge < -0.3 is 10.5 Å². The first-order valence-corrected chi connectivity index (χ1v) is 5.01. The third-order valence-corrected chi connectivity index (χ3v) is 1.99. The lowest BCUT2D eigenvalue weighted by atomic mass is 10.4. The van der Waals surface area contributed by atoms with Gasteiger partial charge in [-0.1, -0.05) is 0 Å². The Hall–Kier alpha value is -2.44. The molecule has 0 radical (unpaired) electrons. The van der Waals surface area contributed by atoms with Crippen molar-refractivity contribution in [1.29, 1.82) is 0 Å². The summed E-state index contributed by atoms with van der Waals surface area (Å²) < 4.78 is 6.16. The molecule has 0 aliphatic carbocycles. The van der Waals surface area contributed by atoms with Crippen LogP contribution in [0.2, 0.25) is 0 Å². The smallest absolute Gasteiger partial charge is 0.358 e. The highest BCUT2D eigenvalue weighted by atomic mass is 16.5. The van der Waals surface area contributed by atoms with E-state index in [9.17, 15) is 4.79 Å². The zero-order valence-electron chi connectivity index (χ0n) is 9.20. The van der Waals surface area contributed by atoms with Gasteiger partial charge in [0.2, 0.25) is 0 Å². The number of carbonyl (C=O) groups excluding carboxylic acids is 1. The topological polar surface area (TPSA) is 95.9 Å². The van der Waals surface area contributed by atoms with Crippen molar-refractivity contribution in [2.24, 2.45) is 0 Å². The Morgan fingerprint density at radius 1 is 1.53 bits per heavy atom. The maximum atomic E-state index is 11.5. The van der Waals surface area contributed by atoms with Crippen molar-refractivity contribution < 1.29 is 9.53 Å². The number of aromatic nitrogens is 4. The van der Waals surface area contributed by atoms with Gasteiger partial charge in [-0.2, -0.15) is 9.78 Å². The Morgan fingerprint density at radius 2 is 2.35 bits per heavy atom. The third-order valence-electron chi connectivity index (χ3n) is 1.99. The van der Waals surface area contributed by atoms with E-state index in [2.05, 4.69) is 15.1 Å². The molecular formula is C10H11N5O2. The molecule has 2 aromatic rings. The minimum atomic E-state index is -0.512. The summed E-state index contributed by atoms with van der Waals surface area (Å²) in [7, 11) is 0. The minimum absolute atomic E-state index is 0.148. The molecule has 2 rings (SSSR count). The zero-order chi connectivity index (χ0) is 12.3. The van der Waals surface area contributed by atoms with Crippen LogP contribution >= 0.6 is 0 Å². The second kappa shape index (κ2) is 4.60. The molecule has 0 saturated carbocycles. The Balaban J connectivity index is 2.35. The number of nitrogens with two attached hydrogens (primary N) is 1. The zero-order valence-corrected chi connectivity index (χ0v) is 9.20. The average molecular weight is 233 g/mol. The van der Waals surface area contributed by atoms with Crippen LogP contribution in [0, 0.1) is 0 Å². The Labute approximate surface area is 97.2 Å². The lowest BCUT2D eigenvalue weighted by Gasteiger charge is -2.00. The molecule has 2 heterocycles. The highest BCUT2D eigenvalue weighted by Crippen LogP contribution is 2.12. The van der Waals surface area contributed by atoms with Crippen molar-refractivity contribution in [3.8, 4) is 5.82 Å². The monoisotopic (exact) mass is 233 g/mol. The number of carbonyl (C=O) groups is 1. The van der Waals surface area contributed by atoms with Crippen LogP contribution in [0.3, 0.4) is 0 Å². The van der Waals surface area contributed by atoms with E-state index in [4.69, 9.17) is 10.5 Å². The first-order chi connectivity index (χ1) is 8.22. The van der Waals surface area contributed by atoms with E-state index in [0.717, 1.165) is 0 Å². The SMILES string of the molecule is CCOC(=O)c1cc(N)n(-c2cnccn2)n1. The van der Waals surface area contributed by atoms with Crippen LogP contribution in [0.5, 0.6) is 0 Å². The van der Waals surface area contributed by atoms with Crippen LogP contribution in [-0.4, -0.2) is 32.3 Å². The van der Waals surface area contributed by atoms with Gasteiger partial charge in [0.15, 0.2) is 11.5 Å². The van der Waals surface area contributed by atoms with Gasteiger partial charge in [0.1, 0.15) is 5.82 Å². The number of rotatable bonds is 3. The predicted molar refractivity (Wildman–Crippen MR) is 59.5 cm³/mol. The molecule has 17 heavy (non-hydrogen) atoms. The molecule has 0 atom stereocenters. The fraction of sp³-hybridized carbons (Fsp3) is 0.200. The second-order valence-corrected chi connectivity index (χ2v) is 3.15. The number of ether oxygens (including phenoxy) is 1. The fourth-order valence-corrected chi connectivity index (χ4v) is 1.28. The normalized spacial score (nSPS) is 10.2. The quantitative estimate of drug-likeness (QED) is 0.772. The van der Waals surface area contributed by atoms with Crippen LogP contribution in [0.4, 0.5) is 5.82 Å². The molecule has 7 heteroatoms. The van der Waals surface area contributed by atoms with Crippen LogP contribution in [0.15, 0.2) is 24.7 Å². The summed E-state index contributed by atoms with van der Waals surface area (Å²) in [5.41, 5.74) is 5.88. The van der Waals surface area contributed by atoms with Gasteiger partial charge in [-0.3, -0.25) is 4.98 Å². The van der Waals surface area contributed by atoms with Crippen molar-refractivity contribution in [3.63, 3.8) is 0 Å². The number of esters is 1. The largest absolute Gasteiger partial charge is 0.461 e. The predicted octanol–water partition coefficient (Wildman–Crippen LogP) is 0.421. The lowest BCUT2D eigenvalue weighted by molar-refractivity contribution is 0.0519. The van der Waals surface area contributed by atoms with Crippen molar-refractivity contribution in [3.05, 3.63) is 30.4 Å². The number of hydrogen-bond donors (Lipinski definition) is 1. The number of nitrogen functional groups attached to an aromatic ring is 1. The van der Waals surface area contributed by atoms with Gasteiger partial charge in [-0.25, -0.2) is 9.78 Å². The average Bonchev–Trinajstić information content (AvgIpc) is 2.73. The molecule has 0 bridgehead atoms. The van der Waals surface area contributed by atoms with Gasteiger partial charge in [0, 0.05) is 18.5 Å².